The molecule has 1 unspecified atom stereocenters. The van der Waals surface area contributed by atoms with Crippen LogP contribution in [0.15, 0.2) is 156 Å². The monoisotopic (exact) mass is 612 g/mol. The minimum Gasteiger partial charge on any atom is -0.456 e. The highest BCUT2D eigenvalue weighted by Gasteiger charge is 2.32. The zero-order valence-corrected chi connectivity index (χ0v) is 26.0. The molecule has 3 heteroatoms. The second kappa shape index (κ2) is 10.3. The second-order valence-corrected chi connectivity index (χ2v) is 12.7. The SMILES string of the molecule is N#Cc1ccc(C2Cc3ccccc3-c3ccc4oc5ccccc5c4c32)c(-c2ccccc2-n2c3ccccc3c3ccccc32)c1. The first-order chi connectivity index (χ1) is 23.8. The van der Waals surface area contributed by atoms with Crippen molar-refractivity contribution in [2.75, 3.05) is 0 Å². The molecule has 1 aliphatic rings. The Bertz CT molecular complexity index is 2740. The van der Waals surface area contributed by atoms with E-state index in [1.54, 1.807) is 0 Å². The number of para-hydroxylation sites is 4. The predicted octanol–water partition coefficient (Wildman–Crippen LogP) is 11.6. The van der Waals surface area contributed by atoms with E-state index in [0.29, 0.717) is 5.56 Å². The molecular formula is C45H28N2O. The number of hydrogen-bond donors (Lipinski definition) is 0. The zero-order valence-electron chi connectivity index (χ0n) is 26.0. The molecule has 2 aromatic heterocycles. The van der Waals surface area contributed by atoms with E-state index in [1.165, 1.54) is 44.0 Å². The molecule has 9 aromatic rings. The Kier molecular flexibility index (Phi) is 5.76. The van der Waals surface area contributed by atoms with Gasteiger partial charge in [0.1, 0.15) is 11.2 Å². The molecule has 1 aliphatic carbocycles. The number of fused-ring (bicyclic) bond motifs is 10. The largest absolute Gasteiger partial charge is 0.456 e. The number of nitriles is 1. The van der Waals surface area contributed by atoms with Gasteiger partial charge in [-0.3, -0.25) is 0 Å². The Hall–Kier alpha value is -6.37. The van der Waals surface area contributed by atoms with Gasteiger partial charge in [0.2, 0.25) is 0 Å². The lowest BCUT2D eigenvalue weighted by molar-refractivity contribution is 0.668. The van der Waals surface area contributed by atoms with E-state index in [9.17, 15) is 5.26 Å². The van der Waals surface area contributed by atoms with Crippen molar-refractivity contribution < 1.29 is 4.42 Å². The van der Waals surface area contributed by atoms with Crippen LogP contribution in [0.1, 0.15) is 28.2 Å². The Morgan fingerprint density at radius 3 is 2.02 bits per heavy atom. The molecule has 0 saturated heterocycles. The molecule has 0 bridgehead atoms. The van der Waals surface area contributed by atoms with E-state index in [-0.39, 0.29) is 5.92 Å². The Labute approximate surface area is 277 Å². The zero-order chi connectivity index (χ0) is 31.8. The molecule has 0 fully saturated rings. The van der Waals surface area contributed by atoms with Crippen molar-refractivity contribution >= 4 is 43.7 Å². The topological polar surface area (TPSA) is 41.9 Å². The summed E-state index contributed by atoms with van der Waals surface area (Å²) in [5.74, 6) is 0.0357. The van der Waals surface area contributed by atoms with Gasteiger partial charge in [0.15, 0.2) is 0 Å². The van der Waals surface area contributed by atoms with Gasteiger partial charge in [0, 0.05) is 33.0 Å². The van der Waals surface area contributed by atoms with Crippen LogP contribution in [0.5, 0.6) is 0 Å². The number of nitrogens with zero attached hydrogens (tertiary/aromatic N) is 2. The van der Waals surface area contributed by atoms with Crippen LogP contribution < -0.4 is 0 Å². The fraction of sp³-hybridized carbons (Fsp3) is 0.0444. The first-order valence-electron chi connectivity index (χ1n) is 16.4. The summed E-state index contributed by atoms with van der Waals surface area (Å²) in [4.78, 5) is 0. The molecule has 0 spiro atoms. The van der Waals surface area contributed by atoms with Crippen LogP contribution in [0.4, 0.5) is 0 Å². The Morgan fingerprint density at radius 2 is 1.23 bits per heavy atom. The van der Waals surface area contributed by atoms with E-state index in [4.69, 9.17) is 4.42 Å². The minimum absolute atomic E-state index is 0.0357. The first-order valence-corrected chi connectivity index (χ1v) is 16.4. The van der Waals surface area contributed by atoms with Gasteiger partial charge in [0.05, 0.1) is 28.4 Å². The van der Waals surface area contributed by atoms with Crippen molar-refractivity contribution in [1.82, 2.24) is 4.57 Å². The van der Waals surface area contributed by atoms with Crippen molar-refractivity contribution in [2.45, 2.75) is 12.3 Å². The van der Waals surface area contributed by atoms with Gasteiger partial charge in [-0.15, -0.1) is 0 Å². The van der Waals surface area contributed by atoms with Crippen LogP contribution in [0.2, 0.25) is 0 Å². The predicted molar refractivity (Wildman–Crippen MR) is 196 cm³/mol. The Balaban J connectivity index is 1.29. The summed E-state index contributed by atoms with van der Waals surface area (Å²) in [5.41, 5.74) is 14.4. The second-order valence-electron chi connectivity index (χ2n) is 12.7. The van der Waals surface area contributed by atoms with E-state index in [0.717, 1.165) is 50.8 Å². The molecule has 0 aliphatic heterocycles. The summed E-state index contributed by atoms with van der Waals surface area (Å²) in [5, 5.41) is 15.0. The van der Waals surface area contributed by atoms with Crippen LogP contribution in [0.3, 0.4) is 0 Å². The van der Waals surface area contributed by atoms with Crippen molar-refractivity contribution in [3.05, 3.63) is 174 Å². The van der Waals surface area contributed by atoms with E-state index >= 15 is 0 Å². The molecule has 224 valence electrons. The molecule has 10 rings (SSSR count). The standard InChI is InChI=1S/C45H28N2O/c46-27-28-21-22-31(37(25-28)34-15-5-9-19-41(34)47-39-17-7-3-13-32(39)33-14-4-8-18-40(33)47)38-26-29-11-1-2-12-30(29)35-23-24-43-45(44(35)38)36-16-6-10-20-42(36)48-43/h1-25,38H,26H2. The van der Waals surface area contributed by atoms with Crippen molar-refractivity contribution in [3.63, 3.8) is 0 Å². The third-order valence-corrected chi connectivity index (χ3v) is 10.2. The highest BCUT2D eigenvalue weighted by atomic mass is 16.3. The summed E-state index contributed by atoms with van der Waals surface area (Å²) >= 11 is 0. The van der Waals surface area contributed by atoms with Crippen LogP contribution in [0, 0.1) is 11.3 Å². The number of hydrogen-bond acceptors (Lipinski definition) is 2. The maximum absolute atomic E-state index is 10.2. The number of aromatic nitrogens is 1. The fourth-order valence-corrected chi connectivity index (χ4v) is 8.23. The smallest absolute Gasteiger partial charge is 0.135 e. The van der Waals surface area contributed by atoms with Crippen LogP contribution in [-0.2, 0) is 6.42 Å². The number of rotatable bonds is 3. The van der Waals surface area contributed by atoms with Gasteiger partial charge in [-0.2, -0.15) is 5.26 Å². The van der Waals surface area contributed by atoms with Gasteiger partial charge in [-0.1, -0.05) is 109 Å². The third kappa shape index (κ3) is 3.81. The molecule has 1 atom stereocenters. The summed E-state index contributed by atoms with van der Waals surface area (Å²) in [6, 6.07) is 56.1. The average molecular weight is 613 g/mol. The maximum Gasteiger partial charge on any atom is 0.135 e. The molecule has 0 saturated carbocycles. The maximum atomic E-state index is 10.2. The van der Waals surface area contributed by atoms with E-state index < -0.39 is 0 Å². The molecule has 7 aromatic carbocycles. The van der Waals surface area contributed by atoms with Gasteiger partial charge in [-0.25, -0.2) is 0 Å². The van der Waals surface area contributed by atoms with Crippen molar-refractivity contribution in [2.24, 2.45) is 0 Å². The summed E-state index contributed by atoms with van der Waals surface area (Å²) in [7, 11) is 0. The molecule has 0 N–H and O–H groups in total. The molecule has 3 nitrogen and oxygen atoms in total. The lowest BCUT2D eigenvalue weighted by Crippen LogP contribution is -2.14. The van der Waals surface area contributed by atoms with Gasteiger partial charge in [-0.05, 0) is 82.3 Å². The van der Waals surface area contributed by atoms with E-state index in [2.05, 4.69) is 150 Å². The van der Waals surface area contributed by atoms with Crippen LogP contribution >= 0.6 is 0 Å². The van der Waals surface area contributed by atoms with Gasteiger partial charge < -0.3 is 8.98 Å². The molecule has 0 radical (unpaired) electrons. The summed E-state index contributed by atoms with van der Waals surface area (Å²) < 4.78 is 8.83. The van der Waals surface area contributed by atoms with Gasteiger partial charge >= 0.3 is 0 Å². The highest BCUT2D eigenvalue weighted by molar-refractivity contribution is 6.11. The van der Waals surface area contributed by atoms with Crippen molar-refractivity contribution in [1.29, 1.82) is 5.26 Å². The molecule has 48 heavy (non-hydrogen) atoms. The molecular weight excluding hydrogens is 585 g/mol. The summed E-state index contributed by atoms with van der Waals surface area (Å²) in [6.45, 7) is 0. The fourth-order valence-electron chi connectivity index (χ4n) is 8.23. The summed E-state index contributed by atoms with van der Waals surface area (Å²) in [6.07, 6.45) is 0.845. The first kappa shape index (κ1) is 26.8. The van der Waals surface area contributed by atoms with E-state index in [1.807, 2.05) is 12.1 Å². The highest BCUT2D eigenvalue weighted by Crippen LogP contribution is 2.50. The normalized spacial score (nSPS) is 13.9. The quantitative estimate of drug-likeness (QED) is 0.199. The Morgan fingerprint density at radius 1 is 0.562 bits per heavy atom. The number of furan rings is 1. The molecule has 2 heterocycles. The number of benzene rings is 7. The van der Waals surface area contributed by atoms with Crippen LogP contribution in [-0.4, -0.2) is 4.57 Å². The lowest BCUT2D eigenvalue weighted by atomic mass is 9.72. The molecule has 0 amide bonds. The lowest BCUT2D eigenvalue weighted by Gasteiger charge is -2.31. The average Bonchev–Trinajstić information content (AvgIpc) is 3.70. The van der Waals surface area contributed by atoms with Gasteiger partial charge in [0.25, 0.3) is 0 Å². The third-order valence-electron chi connectivity index (χ3n) is 10.2. The minimum atomic E-state index is 0.0357. The van der Waals surface area contributed by atoms with Crippen LogP contribution in [0.25, 0.3) is 71.7 Å². The van der Waals surface area contributed by atoms with Crippen molar-refractivity contribution in [3.8, 4) is 34.0 Å².